The Morgan fingerprint density at radius 2 is 2.05 bits per heavy atom. The molecule has 0 aliphatic rings. The monoisotopic (exact) mass is 263 g/mol. The standard InChI is InChI=1S/C16H29N3/c1-5-9-16(12-17-6-2)19(7-3)13-15-11-8-10-14(4)18-15/h8,10-11,16-17H,5-7,9,12-13H2,1-4H3. The maximum Gasteiger partial charge on any atom is 0.0547 e. The molecule has 1 rings (SSSR count). The lowest BCUT2D eigenvalue weighted by atomic mass is 10.1. The van der Waals surface area contributed by atoms with E-state index >= 15 is 0 Å². The van der Waals surface area contributed by atoms with Gasteiger partial charge in [-0.05, 0) is 38.6 Å². The molecule has 0 saturated carbocycles. The minimum absolute atomic E-state index is 0.609. The lowest BCUT2D eigenvalue weighted by Crippen LogP contribution is -2.42. The highest BCUT2D eigenvalue weighted by atomic mass is 15.2. The molecule has 0 aromatic carbocycles. The van der Waals surface area contributed by atoms with Crippen LogP contribution in [0.3, 0.4) is 0 Å². The van der Waals surface area contributed by atoms with Gasteiger partial charge in [-0.1, -0.05) is 33.3 Å². The van der Waals surface area contributed by atoms with Crippen LogP contribution < -0.4 is 5.32 Å². The fourth-order valence-corrected chi connectivity index (χ4v) is 2.45. The molecule has 0 aliphatic carbocycles. The van der Waals surface area contributed by atoms with Crippen LogP contribution in [0.1, 0.15) is 45.0 Å². The molecule has 1 atom stereocenters. The van der Waals surface area contributed by atoms with Crippen LogP contribution in [0.2, 0.25) is 0 Å². The number of hydrogen-bond acceptors (Lipinski definition) is 3. The summed E-state index contributed by atoms with van der Waals surface area (Å²) < 4.78 is 0. The van der Waals surface area contributed by atoms with Crippen molar-refractivity contribution >= 4 is 0 Å². The molecule has 0 saturated heterocycles. The highest BCUT2D eigenvalue weighted by molar-refractivity contribution is 5.09. The number of nitrogens with one attached hydrogen (secondary N) is 1. The number of hydrogen-bond donors (Lipinski definition) is 1. The van der Waals surface area contributed by atoms with Gasteiger partial charge in [-0.25, -0.2) is 0 Å². The lowest BCUT2D eigenvalue weighted by Gasteiger charge is -2.30. The van der Waals surface area contributed by atoms with E-state index in [9.17, 15) is 0 Å². The fraction of sp³-hybridized carbons (Fsp3) is 0.688. The molecular weight excluding hydrogens is 234 g/mol. The van der Waals surface area contributed by atoms with Crippen molar-refractivity contribution in [2.75, 3.05) is 19.6 Å². The Morgan fingerprint density at radius 3 is 2.63 bits per heavy atom. The molecule has 0 fully saturated rings. The predicted molar refractivity (Wildman–Crippen MR) is 82.3 cm³/mol. The van der Waals surface area contributed by atoms with Crippen molar-refractivity contribution in [3.63, 3.8) is 0 Å². The molecule has 1 unspecified atom stereocenters. The van der Waals surface area contributed by atoms with E-state index in [1.807, 2.05) is 0 Å². The van der Waals surface area contributed by atoms with E-state index in [1.54, 1.807) is 0 Å². The van der Waals surface area contributed by atoms with Crippen LogP contribution in [0.25, 0.3) is 0 Å². The predicted octanol–water partition coefficient (Wildman–Crippen LogP) is 2.99. The Balaban J connectivity index is 2.67. The summed E-state index contributed by atoms with van der Waals surface area (Å²) in [6.07, 6.45) is 2.47. The van der Waals surface area contributed by atoms with Gasteiger partial charge in [0.15, 0.2) is 0 Å². The third-order valence-corrected chi connectivity index (χ3v) is 3.49. The zero-order chi connectivity index (χ0) is 14.1. The van der Waals surface area contributed by atoms with Gasteiger partial charge in [0.1, 0.15) is 0 Å². The Kier molecular flexibility index (Phi) is 7.68. The fourth-order valence-electron chi connectivity index (χ4n) is 2.45. The molecule has 1 aromatic rings. The van der Waals surface area contributed by atoms with Crippen LogP contribution >= 0.6 is 0 Å². The van der Waals surface area contributed by atoms with Crippen LogP contribution in [0.5, 0.6) is 0 Å². The molecule has 1 N–H and O–H groups in total. The normalized spacial score (nSPS) is 12.9. The minimum atomic E-state index is 0.609. The van der Waals surface area contributed by atoms with E-state index in [4.69, 9.17) is 0 Å². The molecule has 0 spiro atoms. The summed E-state index contributed by atoms with van der Waals surface area (Å²) in [5, 5.41) is 3.48. The van der Waals surface area contributed by atoms with Gasteiger partial charge in [0.25, 0.3) is 0 Å². The van der Waals surface area contributed by atoms with Gasteiger partial charge in [0, 0.05) is 24.8 Å². The topological polar surface area (TPSA) is 28.2 Å². The summed E-state index contributed by atoms with van der Waals surface area (Å²) in [6, 6.07) is 6.90. The van der Waals surface area contributed by atoms with E-state index in [-0.39, 0.29) is 0 Å². The largest absolute Gasteiger partial charge is 0.315 e. The smallest absolute Gasteiger partial charge is 0.0547 e. The molecular formula is C16H29N3. The summed E-state index contributed by atoms with van der Waals surface area (Å²) in [5.74, 6) is 0. The molecule has 19 heavy (non-hydrogen) atoms. The summed E-state index contributed by atoms with van der Waals surface area (Å²) in [7, 11) is 0. The lowest BCUT2D eigenvalue weighted by molar-refractivity contribution is 0.180. The Labute approximate surface area is 118 Å². The molecule has 108 valence electrons. The zero-order valence-electron chi connectivity index (χ0n) is 12.9. The molecule has 0 radical (unpaired) electrons. The van der Waals surface area contributed by atoms with E-state index in [0.717, 1.165) is 31.9 Å². The van der Waals surface area contributed by atoms with Crippen LogP contribution in [-0.2, 0) is 6.54 Å². The van der Waals surface area contributed by atoms with Gasteiger partial charge in [-0.2, -0.15) is 0 Å². The average Bonchev–Trinajstić information content (AvgIpc) is 2.41. The minimum Gasteiger partial charge on any atom is -0.315 e. The quantitative estimate of drug-likeness (QED) is 0.742. The van der Waals surface area contributed by atoms with Crippen molar-refractivity contribution in [3.05, 3.63) is 29.6 Å². The average molecular weight is 263 g/mol. The molecule has 1 heterocycles. The first-order valence-corrected chi connectivity index (χ1v) is 7.58. The molecule has 0 amide bonds. The van der Waals surface area contributed by atoms with Gasteiger partial charge >= 0.3 is 0 Å². The second kappa shape index (κ2) is 9.05. The van der Waals surface area contributed by atoms with Gasteiger partial charge < -0.3 is 5.32 Å². The first-order valence-electron chi connectivity index (χ1n) is 7.58. The molecule has 0 bridgehead atoms. The van der Waals surface area contributed by atoms with Crippen molar-refractivity contribution in [2.24, 2.45) is 0 Å². The molecule has 3 heteroatoms. The van der Waals surface area contributed by atoms with E-state index in [0.29, 0.717) is 6.04 Å². The third kappa shape index (κ3) is 5.70. The molecule has 1 aromatic heterocycles. The van der Waals surface area contributed by atoms with Crippen LogP contribution in [0.15, 0.2) is 18.2 Å². The first kappa shape index (κ1) is 16.1. The van der Waals surface area contributed by atoms with E-state index < -0.39 is 0 Å². The summed E-state index contributed by atoms with van der Waals surface area (Å²) in [5.41, 5.74) is 2.28. The summed E-state index contributed by atoms with van der Waals surface area (Å²) in [6.45, 7) is 12.9. The number of aromatic nitrogens is 1. The van der Waals surface area contributed by atoms with Crippen molar-refractivity contribution in [2.45, 2.75) is 53.1 Å². The number of nitrogens with zero attached hydrogens (tertiary/aromatic N) is 2. The number of likely N-dealkylation sites (N-methyl/N-ethyl adjacent to an activating group) is 2. The second-order valence-electron chi connectivity index (χ2n) is 5.08. The Morgan fingerprint density at radius 1 is 1.26 bits per heavy atom. The number of rotatable bonds is 9. The van der Waals surface area contributed by atoms with Crippen LogP contribution in [0, 0.1) is 6.92 Å². The molecule has 0 aliphatic heterocycles. The maximum absolute atomic E-state index is 4.62. The SMILES string of the molecule is CCCC(CNCC)N(CC)Cc1cccc(C)n1. The number of pyridine rings is 1. The van der Waals surface area contributed by atoms with Crippen molar-refractivity contribution < 1.29 is 0 Å². The maximum atomic E-state index is 4.62. The van der Waals surface area contributed by atoms with Crippen molar-refractivity contribution in [1.29, 1.82) is 0 Å². The highest BCUT2D eigenvalue weighted by Gasteiger charge is 2.16. The van der Waals surface area contributed by atoms with Gasteiger partial charge in [-0.3, -0.25) is 9.88 Å². The van der Waals surface area contributed by atoms with Crippen molar-refractivity contribution in [1.82, 2.24) is 15.2 Å². The van der Waals surface area contributed by atoms with Gasteiger partial charge in [-0.15, -0.1) is 0 Å². The Hall–Kier alpha value is -0.930. The highest BCUT2D eigenvalue weighted by Crippen LogP contribution is 2.11. The second-order valence-corrected chi connectivity index (χ2v) is 5.08. The summed E-state index contributed by atoms with van der Waals surface area (Å²) >= 11 is 0. The van der Waals surface area contributed by atoms with Crippen LogP contribution in [-0.4, -0.2) is 35.6 Å². The Bertz CT molecular complexity index is 352. The van der Waals surface area contributed by atoms with E-state index in [2.05, 4.69) is 61.1 Å². The van der Waals surface area contributed by atoms with Gasteiger partial charge in [0.05, 0.1) is 5.69 Å². The van der Waals surface area contributed by atoms with Crippen LogP contribution in [0.4, 0.5) is 0 Å². The van der Waals surface area contributed by atoms with E-state index in [1.165, 1.54) is 18.5 Å². The summed E-state index contributed by atoms with van der Waals surface area (Å²) in [4.78, 5) is 7.16. The third-order valence-electron chi connectivity index (χ3n) is 3.49. The zero-order valence-corrected chi connectivity index (χ0v) is 12.9. The van der Waals surface area contributed by atoms with Crippen molar-refractivity contribution in [3.8, 4) is 0 Å². The first-order chi connectivity index (χ1) is 9.21. The van der Waals surface area contributed by atoms with Gasteiger partial charge in [0.2, 0.25) is 0 Å². The molecule has 3 nitrogen and oxygen atoms in total. The number of aryl methyl sites for hydroxylation is 1.